The highest BCUT2D eigenvalue weighted by molar-refractivity contribution is 14.1. The number of hydrogen-bond donors (Lipinski definition) is 6. The van der Waals surface area contributed by atoms with Crippen LogP contribution in [-0.4, -0.2) is 39.2 Å². The SMILES string of the molecule is Brc1ccc2c(c1)CCc1[nH]c3ccccc3c1-2.Brc1ccc2c(ccc3[nH]c4ccccc4c32)c1.Brc1ccc2c(ccc3c2c2ccccc2n3-c2ccccc2)c1.C.C.CCO.Cl.Cl.Ic1ccccc1.NNc1cccc(Br)c1.O=C1CCc2cc(Br)ccc2C1.[2H]CF.[2H][2H].c1ccc(-c2ccc(Nc3ccc(-c4ccccc4)cc3)cc2)cc1. The van der Waals surface area contributed by atoms with Gasteiger partial charge in [-0.1, -0.05) is 313 Å². The molecule has 0 aliphatic heterocycles. The largest absolute Gasteiger partial charge is 0.397 e. The number of aryl methyl sites for hydroxylation is 3. The molecule has 0 amide bonds. The first kappa shape index (κ1) is 92.7. The molecule has 0 spiro atoms. The minimum absolute atomic E-state index is 0. The lowest BCUT2D eigenvalue weighted by Gasteiger charge is -2.17. The summed E-state index contributed by atoms with van der Waals surface area (Å²) in [6.45, 7) is 1.93. The number of ketones is 1. The molecule has 122 heavy (non-hydrogen) atoms. The van der Waals surface area contributed by atoms with Crippen LogP contribution in [0.2, 0.25) is 0 Å². The average Bonchev–Trinajstić information content (AvgIpc) is 1.58. The molecule has 17 heteroatoms. The van der Waals surface area contributed by atoms with Crippen LogP contribution in [0.3, 0.4) is 0 Å². The number of nitrogens with two attached hydrogens (primary N) is 1. The highest BCUT2D eigenvalue weighted by Gasteiger charge is 2.22. The van der Waals surface area contributed by atoms with Gasteiger partial charge in [0.15, 0.2) is 0 Å². The predicted octanol–water partition coefficient (Wildman–Crippen LogP) is 32.9. The summed E-state index contributed by atoms with van der Waals surface area (Å²) in [5.74, 6) is 5.51. The summed E-state index contributed by atoms with van der Waals surface area (Å²) >= 11 is 19.7. The van der Waals surface area contributed by atoms with Crippen LogP contribution >= 0.6 is 127 Å². The minimum Gasteiger partial charge on any atom is -0.397 e. The number of anilines is 3. The highest BCUT2D eigenvalue weighted by atomic mass is 127. The Bertz CT molecular complexity index is 6520. The molecule has 21 rings (SSSR count). The maximum atomic E-state index is 11.1. The molecule has 8 nitrogen and oxygen atoms in total. The average molecular weight is 2090 g/mol. The molecule has 3 aromatic heterocycles. The van der Waals surface area contributed by atoms with Crippen molar-refractivity contribution >= 4 is 226 Å². The van der Waals surface area contributed by atoms with E-state index >= 15 is 0 Å². The first-order valence-electron chi connectivity index (χ1n) is 40.3. The molecule has 7 N–H and O–H groups in total. The van der Waals surface area contributed by atoms with E-state index in [1.807, 2.05) is 66.7 Å². The molecule has 2 aliphatic rings. The number of halogens is 9. The Morgan fingerprint density at radius 3 is 1.45 bits per heavy atom. The van der Waals surface area contributed by atoms with Crippen LogP contribution in [0.15, 0.2) is 386 Å². The van der Waals surface area contributed by atoms with Crippen molar-refractivity contribution in [2.75, 3.05) is 24.5 Å². The van der Waals surface area contributed by atoms with Crippen molar-refractivity contribution in [2.24, 2.45) is 5.84 Å². The number of nitrogen functional groups attached to an aromatic ring is 1. The van der Waals surface area contributed by atoms with Gasteiger partial charge in [0.25, 0.3) is 0 Å². The summed E-state index contributed by atoms with van der Waals surface area (Å²) in [6.07, 6.45) is 4.47. The summed E-state index contributed by atoms with van der Waals surface area (Å²) in [4.78, 5) is 18.1. The number of fused-ring (bicyclic) bond motifs is 16. The Hall–Kier alpha value is -9.99. The first-order chi connectivity index (χ1) is 59.2. The number of hydrazine groups is 1. The van der Waals surface area contributed by atoms with Gasteiger partial charge in [0.05, 0.1) is 19.6 Å². The quantitative estimate of drug-likeness (QED) is 0.0562. The Balaban J connectivity index is 0.000000182. The van der Waals surface area contributed by atoms with Crippen molar-refractivity contribution in [3.63, 3.8) is 0 Å². The molecule has 2 aliphatic carbocycles. The zero-order valence-corrected chi connectivity index (χ0v) is 77.2. The number of alkyl halides is 1. The number of hydrogen-bond acceptors (Lipinski definition) is 5. The zero-order valence-electron chi connectivity index (χ0n) is 68.4. The maximum Gasteiger partial charge on any atom is 0.137 e. The third kappa shape index (κ3) is 24.5. The molecule has 0 saturated carbocycles. The lowest BCUT2D eigenvalue weighted by molar-refractivity contribution is -0.118. The van der Waals surface area contributed by atoms with Gasteiger partial charge in [-0.15, -0.1) is 24.8 Å². The summed E-state index contributed by atoms with van der Waals surface area (Å²) in [6, 6.07) is 127. The van der Waals surface area contributed by atoms with E-state index in [1.54, 1.807) is 6.92 Å². The molecule has 0 radical (unpaired) electrons. The van der Waals surface area contributed by atoms with E-state index in [2.05, 4.69) is 425 Å². The summed E-state index contributed by atoms with van der Waals surface area (Å²) < 4.78 is 34.7. The molecule has 19 aromatic rings. The van der Waals surface area contributed by atoms with Crippen molar-refractivity contribution in [3.05, 3.63) is 412 Å². The number of Topliss-reactive ketones (excluding diaryl/α,β-unsaturated/α-hetero) is 1. The van der Waals surface area contributed by atoms with Gasteiger partial charge in [-0.2, -0.15) is 0 Å². The van der Waals surface area contributed by atoms with Gasteiger partial charge in [-0.3, -0.25) is 15.0 Å². The van der Waals surface area contributed by atoms with Crippen molar-refractivity contribution in [1.29, 1.82) is 0 Å². The first-order valence-corrected chi connectivity index (χ1v) is 43.6. The fourth-order valence-corrected chi connectivity index (χ4v) is 17.1. The molecule has 0 bridgehead atoms. The van der Waals surface area contributed by atoms with Crippen LogP contribution in [0.4, 0.5) is 21.5 Å². The number of aliphatic hydroxyl groups is 1. The van der Waals surface area contributed by atoms with Gasteiger partial charge in [-0.05, 0) is 260 Å². The molecule has 0 atom stereocenters. The summed E-state index contributed by atoms with van der Waals surface area (Å²) in [7, 11) is -1.00. The minimum atomic E-state index is -1.00. The zero-order chi connectivity index (χ0) is 85.0. The van der Waals surface area contributed by atoms with Gasteiger partial charge in [0.2, 0.25) is 0 Å². The fraction of sp³-hybridized carbons (Fsp3) is 0.0952. The van der Waals surface area contributed by atoms with E-state index in [9.17, 15) is 9.18 Å². The van der Waals surface area contributed by atoms with E-state index in [-0.39, 0.29) is 46.3 Å². The van der Waals surface area contributed by atoms with Gasteiger partial charge >= 0.3 is 0 Å². The fourth-order valence-electron chi connectivity index (χ4n) is 14.7. The number of aromatic nitrogens is 3. The molecule has 3 heterocycles. The monoisotopic (exact) mass is 2090 g/mol. The number of rotatable bonds is 6. The summed E-state index contributed by atoms with van der Waals surface area (Å²) in [5, 5.41) is 22.7. The predicted molar refractivity (Wildman–Crippen MR) is 555 cm³/mol. The number of H-pyrrole nitrogens is 2. The van der Waals surface area contributed by atoms with E-state index in [0.29, 0.717) is 18.6 Å². The van der Waals surface area contributed by atoms with E-state index in [1.165, 1.54) is 146 Å². The van der Waals surface area contributed by atoms with Crippen LogP contribution < -0.4 is 16.6 Å². The standard InChI is InChI=1S/C24H19N.C22H14BrN.C16H12BrN.C16H10BrN.C10H9BrO.C6H7BrN2.C6H5I.C2H6O.CH3F.2CH4.2ClH.H2/c1-3-7-19(8-4-1)21-11-15-23(16-12-21)25-24-17-13-22(14-18-24)20-9-5-2-6-10-20;23-16-11-12-18-15(14-16)10-13-21-22(18)19-8-4-5-9-20(19)24(21)17-6-2-1-3-7-17;2*17-11-6-7-12-10(9-11)5-8-15-16(12)13-3-1-2-4-14(13)18-15;11-9-3-1-8-6-10(12)4-2-7(8)5-9;7-5-2-1-3-6(4-5)9-8;7-6-4-2-1-3-5-6;1-2-3;1-2;;;;;/h1-18,25H;1-14H;1-4,6-7,9,18H,5,8H2;1-9,18H;1,3,5H,2,4,6H2;1-4,9H,8H2;1-5H;3H,2H2,1H3;1H3;2*1H4;3*1H/i;;;;;;;;1D;;;;;1+1D. The number of nitrogens with one attached hydrogen (secondary N) is 4. The number of para-hydroxylation sites is 4. The molecule has 0 fully saturated rings. The number of benzene rings is 16. The van der Waals surface area contributed by atoms with Crippen LogP contribution in [0, 0.1) is 3.57 Å². The van der Waals surface area contributed by atoms with Gasteiger partial charge in [0.1, 0.15) is 5.78 Å². The number of aliphatic hydroxyl groups excluding tert-OH is 1. The second-order valence-corrected chi connectivity index (χ2v) is 33.6. The van der Waals surface area contributed by atoms with Crippen LogP contribution in [0.5, 0.6) is 0 Å². The second-order valence-electron chi connectivity index (χ2n) is 27.8. The van der Waals surface area contributed by atoms with Crippen LogP contribution in [0.25, 0.3) is 115 Å². The lowest BCUT2D eigenvalue weighted by Crippen LogP contribution is -2.12. The van der Waals surface area contributed by atoms with Crippen molar-refractivity contribution in [1.82, 2.24) is 14.5 Å². The normalized spacial score (nSPS) is 11.2. The molecule has 16 aromatic carbocycles. The van der Waals surface area contributed by atoms with Crippen LogP contribution in [0.1, 0.15) is 54.9 Å². The molecular weight excluding hydrogens is 1990 g/mol. The molecule has 0 saturated heterocycles. The van der Waals surface area contributed by atoms with Crippen LogP contribution in [-0.2, 0) is 30.5 Å². The highest BCUT2D eigenvalue weighted by Crippen LogP contribution is 2.42. The maximum absolute atomic E-state index is 11.1. The Morgan fingerprint density at radius 1 is 0.434 bits per heavy atom. The molecular formula is C105H97Br5Cl2FIN6O2. The Kier molecular flexibility index (Phi) is 36.2. The van der Waals surface area contributed by atoms with Crippen molar-refractivity contribution < 1.29 is 18.6 Å². The number of carbonyl (C=O) groups is 1. The van der Waals surface area contributed by atoms with Gasteiger partial charge < -0.3 is 30.4 Å². The van der Waals surface area contributed by atoms with Gasteiger partial charge in [-0.25, -0.2) is 0 Å². The van der Waals surface area contributed by atoms with E-state index in [0.717, 1.165) is 54.2 Å². The van der Waals surface area contributed by atoms with E-state index < -0.39 is 7.15 Å². The molecule has 622 valence electrons. The number of aromatic amines is 2. The topological polar surface area (TPSA) is 124 Å². The smallest absolute Gasteiger partial charge is 0.137 e. The number of nitrogens with zero attached hydrogens (tertiary/aromatic N) is 1. The number of carbonyl (C=O) groups excluding carboxylic acids is 1. The second kappa shape index (κ2) is 47.6. The Morgan fingerprint density at radius 2 is 0.893 bits per heavy atom. The van der Waals surface area contributed by atoms with Crippen molar-refractivity contribution in [3.8, 4) is 39.1 Å². The third-order valence-corrected chi connectivity index (χ3v) is 23.3. The Labute approximate surface area is 787 Å². The summed E-state index contributed by atoms with van der Waals surface area (Å²) in [5.41, 5.74) is 26.0. The van der Waals surface area contributed by atoms with Crippen molar-refractivity contribution in [2.45, 2.75) is 53.9 Å². The lowest BCUT2D eigenvalue weighted by atomic mass is 9.88. The van der Waals surface area contributed by atoms with E-state index in [4.69, 9.17) is 15.3 Å². The van der Waals surface area contributed by atoms with Gasteiger partial charge in [0, 0.05) is 126 Å². The molecule has 0 unspecified atom stereocenters. The third-order valence-electron chi connectivity index (χ3n) is 20.1.